The molecule has 5 heteroatoms. The topological polar surface area (TPSA) is 64.3 Å². The molecule has 0 saturated heterocycles. The van der Waals surface area contributed by atoms with Gasteiger partial charge < -0.3 is 15.8 Å². The molecule has 1 aromatic rings. The highest BCUT2D eigenvalue weighted by molar-refractivity contribution is 6.32. The Morgan fingerprint density at radius 2 is 2.20 bits per heavy atom. The molecule has 0 bridgehead atoms. The number of hydrogen-bond acceptors (Lipinski definition) is 3. The average Bonchev–Trinajstić information content (AvgIpc) is 2.30. The van der Waals surface area contributed by atoms with Crippen LogP contribution in [0, 0.1) is 0 Å². The van der Waals surface area contributed by atoms with Crippen LogP contribution in [0.4, 0.5) is 5.69 Å². The smallest absolute Gasteiger partial charge is 0.226 e. The van der Waals surface area contributed by atoms with Crippen LogP contribution in [0.25, 0.3) is 0 Å². The molecule has 1 aliphatic rings. The summed E-state index contributed by atoms with van der Waals surface area (Å²) < 4.78 is 5.55. The van der Waals surface area contributed by atoms with Crippen molar-refractivity contribution < 1.29 is 9.53 Å². The Labute approximate surface area is 124 Å². The molecule has 1 aliphatic carbocycles. The van der Waals surface area contributed by atoms with Crippen molar-refractivity contribution in [1.82, 2.24) is 0 Å². The number of anilines is 1. The number of nitrogens with two attached hydrogens (primary N) is 1. The lowest BCUT2D eigenvalue weighted by molar-refractivity contribution is -0.118. The van der Waals surface area contributed by atoms with Crippen molar-refractivity contribution in [2.75, 3.05) is 5.32 Å². The Kier molecular flexibility index (Phi) is 4.55. The van der Waals surface area contributed by atoms with E-state index in [9.17, 15) is 4.79 Å². The largest absolute Gasteiger partial charge is 0.489 e. The number of carbonyl (C=O) groups is 1. The van der Waals surface area contributed by atoms with Crippen molar-refractivity contribution in [2.45, 2.75) is 51.2 Å². The highest BCUT2D eigenvalue weighted by Gasteiger charge is 2.34. The van der Waals surface area contributed by atoms with Gasteiger partial charge in [0.25, 0.3) is 0 Å². The molecule has 1 saturated carbocycles. The van der Waals surface area contributed by atoms with Crippen molar-refractivity contribution in [3.05, 3.63) is 23.2 Å². The number of nitrogens with one attached hydrogen (secondary N) is 1. The minimum atomic E-state index is -0.311. The molecule has 0 heterocycles. The number of rotatable bonds is 5. The maximum atomic E-state index is 11.9. The summed E-state index contributed by atoms with van der Waals surface area (Å²) in [6.07, 6.45) is 3.36. The molecule has 0 spiro atoms. The third kappa shape index (κ3) is 3.87. The normalized spacial score (nSPS) is 16.6. The highest BCUT2D eigenvalue weighted by Crippen LogP contribution is 2.33. The second kappa shape index (κ2) is 6.02. The van der Waals surface area contributed by atoms with Crippen LogP contribution in [-0.4, -0.2) is 17.6 Å². The molecule has 0 atom stereocenters. The first-order chi connectivity index (χ1) is 9.38. The monoisotopic (exact) mass is 296 g/mol. The average molecular weight is 297 g/mol. The predicted molar refractivity (Wildman–Crippen MR) is 81.2 cm³/mol. The fraction of sp³-hybridized carbons (Fsp3) is 0.533. The van der Waals surface area contributed by atoms with E-state index in [1.165, 1.54) is 0 Å². The van der Waals surface area contributed by atoms with Crippen molar-refractivity contribution in [3.63, 3.8) is 0 Å². The fourth-order valence-electron chi connectivity index (χ4n) is 2.26. The molecule has 1 aromatic carbocycles. The first kappa shape index (κ1) is 15.1. The molecule has 0 radical (unpaired) electrons. The van der Waals surface area contributed by atoms with Gasteiger partial charge in [-0.15, -0.1) is 0 Å². The maximum absolute atomic E-state index is 11.9. The van der Waals surface area contributed by atoms with Crippen LogP contribution in [0.3, 0.4) is 0 Å². The Balaban J connectivity index is 1.95. The maximum Gasteiger partial charge on any atom is 0.226 e. The molecule has 110 valence electrons. The van der Waals surface area contributed by atoms with Gasteiger partial charge in [-0.25, -0.2) is 0 Å². The van der Waals surface area contributed by atoms with E-state index in [2.05, 4.69) is 5.32 Å². The van der Waals surface area contributed by atoms with E-state index >= 15 is 0 Å². The van der Waals surface area contributed by atoms with Gasteiger partial charge in [0.1, 0.15) is 5.75 Å². The van der Waals surface area contributed by atoms with Gasteiger partial charge in [0.05, 0.1) is 11.1 Å². The van der Waals surface area contributed by atoms with E-state index in [1.807, 2.05) is 13.8 Å². The van der Waals surface area contributed by atoms with E-state index in [1.54, 1.807) is 18.2 Å². The predicted octanol–water partition coefficient (Wildman–Crippen LogP) is 3.34. The molecule has 4 nitrogen and oxygen atoms in total. The SMILES string of the molecule is CC(C)Oc1ccc(NC(=O)CC2(N)CCC2)cc1Cl. The van der Waals surface area contributed by atoms with Crippen LogP contribution in [-0.2, 0) is 4.79 Å². The van der Waals surface area contributed by atoms with Crippen LogP contribution < -0.4 is 15.8 Å². The lowest BCUT2D eigenvalue weighted by Crippen LogP contribution is -2.48. The molecule has 1 fully saturated rings. The van der Waals surface area contributed by atoms with Crippen LogP contribution in [0.1, 0.15) is 39.5 Å². The molecule has 1 amide bonds. The number of hydrogen-bond donors (Lipinski definition) is 2. The summed E-state index contributed by atoms with van der Waals surface area (Å²) in [5.74, 6) is 0.551. The van der Waals surface area contributed by atoms with Gasteiger partial charge >= 0.3 is 0 Å². The first-order valence-corrected chi connectivity index (χ1v) is 7.31. The number of benzene rings is 1. The standard InChI is InChI=1S/C15H21ClN2O2/c1-10(2)20-13-5-4-11(8-12(13)16)18-14(19)9-15(17)6-3-7-15/h4-5,8,10H,3,6-7,9,17H2,1-2H3,(H,18,19). The molecule has 3 N–H and O–H groups in total. The minimum Gasteiger partial charge on any atom is -0.489 e. The summed E-state index contributed by atoms with van der Waals surface area (Å²) in [5.41, 5.74) is 6.41. The van der Waals surface area contributed by atoms with Crippen molar-refractivity contribution in [3.8, 4) is 5.75 Å². The molecule has 0 aromatic heterocycles. The van der Waals surface area contributed by atoms with Gasteiger partial charge in [0, 0.05) is 17.6 Å². The van der Waals surface area contributed by atoms with Gasteiger partial charge in [-0.1, -0.05) is 11.6 Å². The van der Waals surface area contributed by atoms with Crippen LogP contribution in [0.5, 0.6) is 5.75 Å². The third-order valence-electron chi connectivity index (χ3n) is 3.44. The van der Waals surface area contributed by atoms with E-state index in [4.69, 9.17) is 22.1 Å². The number of halogens is 1. The van der Waals surface area contributed by atoms with Gasteiger partial charge in [0.2, 0.25) is 5.91 Å². The zero-order valence-electron chi connectivity index (χ0n) is 11.9. The summed E-state index contributed by atoms with van der Waals surface area (Å²) in [4.78, 5) is 11.9. The lowest BCUT2D eigenvalue weighted by atomic mass is 9.75. The number of amides is 1. The summed E-state index contributed by atoms with van der Waals surface area (Å²) in [5, 5.41) is 3.32. The van der Waals surface area contributed by atoms with Gasteiger partial charge in [-0.2, -0.15) is 0 Å². The van der Waals surface area contributed by atoms with Crippen LogP contribution in [0.15, 0.2) is 18.2 Å². The Morgan fingerprint density at radius 3 is 2.70 bits per heavy atom. The Hall–Kier alpha value is -1.26. The van der Waals surface area contributed by atoms with Crippen molar-refractivity contribution >= 4 is 23.2 Å². The van der Waals surface area contributed by atoms with Crippen molar-refractivity contribution in [2.24, 2.45) is 5.73 Å². The zero-order valence-corrected chi connectivity index (χ0v) is 12.7. The lowest BCUT2D eigenvalue weighted by Gasteiger charge is -2.37. The fourth-order valence-corrected chi connectivity index (χ4v) is 2.49. The quantitative estimate of drug-likeness (QED) is 0.876. The zero-order chi connectivity index (χ0) is 14.8. The summed E-state index contributed by atoms with van der Waals surface area (Å²) >= 11 is 6.13. The van der Waals surface area contributed by atoms with Crippen LogP contribution in [0.2, 0.25) is 5.02 Å². The van der Waals surface area contributed by atoms with E-state index < -0.39 is 0 Å². The first-order valence-electron chi connectivity index (χ1n) is 6.93. The Bertz CT molecular complexity index is 499. The molecule has 0 aliphatic heterocycles. The second-order valence-electron chi connectivity index (χ2n) is 5.75. The summed E-state index contributed by atoms with van der Waals surface area (Å²) in [7, 11) is 0. The molecule has 0 unspecified atom stereocenters. The molecular formula is C15H21ClN2O2. The van der Waals surface area contributed by atoms with Crippen LogP contribution >= 0.6 is 11.6 Å². The Morgan fingerprint density at radius 1 is 1.50 bits per heavy atom. The summed E-state index contributed by atoms with van der Waals surface area (Å²) in [6.45, 7) is 3.87. The summed E-state index contributed by atoms with van der Waals surface area (Å²) in [6, 6.07) is 5.24. The third-order valence-corrected chi connectivity index (χ3v) is 3.74. The number of ether oxygens (including phenoxy) is 1. The minimum absolute atomic E-state index is 0.0589. The van der Waals surface area contributed by atoms with E-state index in [0.717, 1.165) is 19.3 Å². The van der Waals surface area contributed by atoms with Crippen molar-refractivity contribution in [1.29, 1.82) is 0 Å². The van der Waals surface area contributed by atoms with Gasteiger partial charge in [-0.05, 0) is 51.3 Å². The van der Waals surface area contributed by atoms with E-state index in [-0.39, 0.29) is 17.6 Å². The molecule has 20 heavy (non-hydrogen) atoms. The van der Waals surface area contributed by atoms with Gasteiger partial charge in [0.15, 0.2) is 0 Å². The molecular weight excluding hydrogens is 276 g/mol. The molecule has 2 rings (SSSR count). The number of carbonyl (C=O) groups excluding carboxylic acids is 1. The highest BCUT2D eigenvalue weighted by atomic mass is 35.5. The van der Waals surface area contributed by atoms with Gasteiger partial charge in [-0.3, -0.25) is 4.79 Å². The van der Waals surface area contributed by atoms with E-state index in [0.29, 0.717) is 22.9 Å². The second-order valence-corrected chi connectivity index (χ2v) is 6.16.